The van der Waals surface area contributed by atoms with Crippen molar-refractivity contribution in [3.8, 4) is 11.5 Å². The van der Waals surface area contributed by atoms with E-state index in [0.29, 0.717) is 16.5 Å². The van der Waals surface area contributed by atoms with Crippen LogP contribution in [-0.2, 0) is 6.54 Å². The van der Waals surface area contributed by atoms with Gasteiger partial charge in [0.05, 0.1) is 16.1 Å². The zero-order valence-corrected chi connectivity index (χ0v) is 14.4. The van der Waals surface area contributed by atoms with Crippen LogP contribution in [0.1, 0.15) is 29.3 Å². The predicted octanol–water partition coefficient (Wildman–Crippen LogP) is 4.42. The van der Waals surface area contributed by atoms with Gasteiger partial charge in [0.1, 0.15) is 0 Å². The maximum Gasteiger partial charge on any atom is 0.196 e. The summed E-state index contributed by atoms with van der Waals surface area (Å²) in [4.78, 5) is 13.1. The van der Waals surface area contributed by atoms with Crippen molar-refractivity contribution in [2.45, 2.75) is 24.9 Å². The molecule has 0 saturated carbocycles. The van der Waals surface area contributed by atoms with Gasteiger partial charge in [-0.05, 0) is 18.7 Å². The van der Waals surface area contributed by atoms with Crippen LogP contribution in [0.4, 0.5) is 0 Å². The number of carbonyl (C=O) groups is 1. The van der Waals surface area contributed by atoms with Gasteiger partial charge in [-0.1, -0.05) is 37.3 Å². The van der Waals surface area contributed by atoms with Crippen LogP contribution in [0.3, 0.4) is 0 Å². The molecule has 5 heteroatoms. The van der Waals surface area contributed by atoms with Crippen molar-refractivity contribution in [1.82, 2.24) is 4.57 Å². The molecule has 4 nitrogen and oxygen atoms in total. The summed E-state index contributed by atoms with van der Waals surface area (Å²) in [6, 6.07) is 12.1. The first-order chi connectivity index (χ1) is 11.6. The molecular weight excluding hydrogens is 322 g/mol. The summed E-state index contributed by atoms with van der Waals surface area (Å²) >= 11 is 1.50. The summed E-state index contributed by atoms with van der Waals surface area (Å²) in [5, 5.41) is 21.3. The third-order valence-electron chi connectivity index (χ3n) is 4.02. The van der Waals surface area contributed by atoms with E-state index >= 15 is 0 Å². The molecule has 2 aromatic carbocycles. The first kappa shape index (κ1) is 16.5. The van der Waals surface area contributed by atoms with Gasteiger partial charge < -0.3 is 14.8 Å². The molecular formula is C19H19NO3S. The Balaban J connectivity index is 2.33. The average Bonchev–Trinajstić information content (AvgIpc) is 2.88. The van der Waals surface area contributed by atoms with E-state index in [1.165, 1.54) is 23.9 Å². The molecule has 124 valence electrons. The van der Waals surface area contributed by atoms with Crippen LogP contribution in [0, 0.1) is 0 Å². The van der Waals surface area contributed by atoms with Crippen molar-refractivity contribution in [2.75, 3.05) is 6.26 Å². The molecule has 0 aliphatic heterocycles. The maximum atomic E-state index is 13.1. The smallest absolute Gasteiger partial charge is 0.196 e. The van der Waals surface area contributed by atoms with Crippen LogP contribution in [0.25, 0.3) is 10.9 Å². The van der Waals surface area contributed by atoms with Crippen molar-refractivity contribution < 1.29 is 15.0 Å². The summed E-state index contributed by atoms with van der Waals surface area (Å²) < 4.78 is 2.04. The van der Waals surface area contributed by atoms with Crippen LogP contribution in [0.15, 0.2) is 47.5 Å². The lowest BCUT2D eigenvalue weighted by atomic mass is 10.0. The molecule has 0 fully saturated rings. The Morgan fingerprint density at radius 1 is 1.12 bits per heavy atom. The molecule has 0 spiro atoms. The lowest BCUT2D eigenvalue weighted by Gasteiger charge is -2.08. The SMILES string of the molecule is CCCn1c(SC)c(C(=O)c2ccccc2)c2cc(O)c(O)cc21. The number of thioether (sulfide) groups is 1. The Kier molecular flexibility index (Phi) is 4.53. The van der Waals surface area contributed by atoms with E-state index < -0.39 is 0 Å². The van der Waals surface area contributed by atoms with Crippen molar-refractivity contribution in [3.05, 3.63) is 53.6 Å². The molecule has 3 aromatic rings. The molecule has 0 atom stereocenters. The number of hydrogen-bond acceptors (Lipinski definition) is 4. The number of nitrogens with zero attached hydrogens (tertiary/aromatic N) is 1. The van der Waals surface area contributed by atoms with E-state index in [0.717, 1.165) is 23.5 Å². The van der Waals surface area contributed by atoms with Gasteiger partial charge in [-0.25, -0.2) is 0 Å². The summed E-state index contributed by atoms with van der Waals surface area (Å²) in [7, 11) is 0. The molecule has 1 aromatic heterocycles. The Morgan fingerprint density at radius 2 is 1.79 bits per heavy atom. The zero-order valence-electron chi connectivity index (χ0n) is 13.6. The summed E-state index contributed by atoms with van der Waals surface area (Å²) in [5.41, 5.74) is 1.94. The number of rotatable bonds is 5. The van der Waals surface area contributed by atoms with Gasteiger partial charge in [-0.15, -0.1) is 11.8 Å². The normalized spacial score (nSPS) is 11.1. The van der Waals surface area contributed by atoms with Crippen molar-refractivity contribution in [1.29, 1.82) is 0 Å². The molecule has 0 amide bonds. The number of aryl methyl sites for hydroxylation is 1. The average molecular weight is 341 g/mol. The van der Waals surface area contributed by atoms with Crippen LogP contribution >= 0.6 is 11.8 Å². The fraction of sp³-hybridized carbons (Fsp3) is 0.211. The molecule has 2 N–H and O–H groups in total. The highest BCUT2D eigenvalue weighted by Gasteiger charge is 2.24. The standard InChI is InChI=1S/C19H19NO3S/c1-3-9-20-14-11-16(22)15(21)10-13(14)17(19(20)24-2)18(23)12-7-5-4-6-8-12/h4-8,10-11,21-22H,3,9H2,1-2H3. The summed E-state index contributed by atoms with van der Waals surface area (Å²) in [6.07, 6.45) is 2.83. The van der Waals surface area contributed by atoms with Gasteiger partial charge in [0.25, 0.3) is 0 Å². The molecule has 0 unspecified atom stereocenters. The number of aromatic hydroxyl groups is 2. The number of phenols is 2. The monoisotopic (exact) mass is 341 g/mol. The van der Waals surface area contributed by atoms with E-state index in [1.54, 1.807) is 12.1 Å². The lowest BCUT2D eigenvalue weighted by molar-refractivity contribution is 0.103. The van der Waals surface area contributed by atoms with E-state index in [1.807, 2.05) is 29.0 Å². The minimum Gasteiger partial charge on any atom is -0.504 e. The number of fused-ring (bicyclic) bond motifs is 1. The fourth-order valence-corrected chi connectivity index (χ4v) is 3.78. The molecule has 24 heavy (non-hydrogen) atoms. The topological polar surface area (TPSA) is 62.5 Å². The summed E-state index contributed by atoms with van der Waals surface area (Å²) in [6.45, 7) is 2.80. The van der Waals surface area contributed by atoms with Gasteiger partial charge in [-0.2, -0.15) is 0 Å². The molecule has 1 heterocycles. The van der Waals surface area contributed by atoms with Crippen molar-refractivity contribution >= 4 is 28.4 Å². The number of carbonyl (C=O) groups excluding carboxylic acids is 1. The van der Waals surface area contributed by atoms with Crippen LogP contribution in [0.2, 0.25) is 0 Å². The fourth-order valence-electron chi connectivity index (χ4n) is 2.96. The number of hydrogen-bond donors (Lipinski definition) is 2. The molecule has 0 aliphatic rings. The van der Waals surface area contributed by atoms with Gasteiger partial charge in [-0.3, -0.25) is 4.79 Å². The minimum atomic E-state index is -0.217. The largest absolute Gasteiger partial charge is 0.504 e. The first-order valence-corrected chi connectivity index (χ1v) is 9.02. The maximum absolute atomic E-state index is 13.1. The number of aromatic nitrogens is 1. The number of ketones is 1. The molecule has 3 rings (SSSR count). The zero-order chi connectivity index (χ0) is 17.3. The Hall–Kier alpha value is -2.40. The van der Waals surface area contributed by atoms with E-state index in [-0.39, 0.29) is 17.3 Å². The van der Waals surface area contributed by atoms with E-state index in [4.69, 9.17) is 0 Å². The third-order valence-corrected chi connectivity index (χ3v) is 4.83. The summed E-state index contributed by atoms with van der Waals surface area (Å²) in [5.74, 6) is -0.473. The third kappa shape index (κ3) is 2.65. The highest BCUT2D eigenvalue weighted by molar-refractivity contribution is 7.98. The van der Waals surface area contributed by atoms with Gasteiger partial charge >= 0.3 is 0 Å². The molecule has 0 radical (unpaired) electrons. The predicted molar refractivity (Wildman–Crippen MR) is 97.2 cm³/mol. The minimum absolute atomic E-state index is 0.0788. The van der Waals surface area contributed by atoms with Gasteiger partial charge in [0.15, 0.2) is 17.3 Å². The molecule has 0 saturated heterocycles. The van der Waals surface area contributed by atoms with Crippen LogP contribution < -0.4 is 0 Å². The first-order valence-electron chi connectivity index (χ1n) is 7.80. The van der Waals surface area contributed by atoms with Gasteiger partial charge in [0, 0.05) is 23.6 Å². The highest BCUT2D eigenvalue weighted by atomic mass is 32.2. The number of benzene rings is 2. The highest BCUT2D eigenvalue weighted by Crippen LogP contribution is 2.39. The van der Waals surface area contributed by atoms with Crippen LogP contribution in [0.5, 0.6) is 11.5 Å². The quantitative estimate of drug-likeness (QED) is 0.410. The Morgan fingerprint density at radius 3 is 2.42 bits per heavy atom. The van der Waals surface area contributed by atoms with E-state index in [2.05, 4.69) is 6.92 Å². The molecule has 0 aliphatic carbocycles. The second kappa shape index (κ2) is 6.61. The molecule has 0 bridgehead atoms. The van der Waals surface area contributed by atoms with Crippen molar-refractivity contribution in [2.24, 2.45) is 0 Å². The number of phenolic OH excluding ortho intramolecular Hbond substituents is 2. The Labute approximate surface area is 144 Å². The van der Waals surface area contributed by atoms with Crippen molar-refractivity contribution in [3.63, 3.8) is 0 Å². The Bertz CT molecular complexity index is 900. The second-order valence-corrected chi connectivity index (χ2v) is 6.38. The lowest BCUT2D eigenvalue weighted by Crippen LogP contribution is -2.04. The van der Waals surface area contributed by atoms with Gasteiger partial charge in [0.2, 0.25) is 0 Å². The van der Waals surface area contributed by atoms with E-state index in [9.17, 15) is 15.0 Å². The van der Waals surface area contributed by atoms with Crippen LogP contribution in [-0.4, -0.2) is 26.8 Å². The second-order valence-electron chi connectivity index (χ2n) is 5.59.